The van der Waals surface area contributed by atoms with E-state index < -0.39 is 11.7 Å². The maximum atomic E-state index is 12.5. The number of ether oxygens (including phenoxy) is 1. The lowest BCUT2D eigenvalue weighted by Gasteiger charge is -2.10. The van der Waals surface area contributed by atoms with Gasteiger partial charge in [-0.1, -0.05) is 23.7 Å². The quantitative estimate of drug-likeness (QED) is 0.794. The van der Waals surface area contributed by atoms with E-state index in [1.54, 1.807) is 24.3 Å². The lowest BCUT2D eigenvalue weighted by atomic mass is 10.1. The highest BCUT2D eigenvalue weighted by atomic mass is 35.5. The molecule has 1 aromatic carbocycles. The number of halogens is 4. The molecular formula is C15H10ClF3N2O. The topological polar surface area (TPSA) is 45.9 Å². The molecule has 1 heterocycles. The second-order valence-corrected chi connectivity index (χ2v) is 4.82. The van der Waals surface area contributed by atoms with Gasteiger partial charge in [-0.2, -0.15) is 18.4 Å². The minimum Gasteiger partial charge on any atom is -0.438 e. The zero-order valence-corrected chi connectivity index (χ0v) is 11.9. The molecule has 0 unspecified atom stereocenters. The van der Waals surface area contributed by atoms with E-state index in [0.29, 0.717) is 24.8 Å². The van der Waals surface area contributed by atoms with Crippen LogP contribution in [0.5, 0.6) is 11.6 Å². The minimum atomic E-state index is -4.50. The van der Waals surface area contributed by atoms with Crippen molar-refractivity contribution in [2.45, 2.75) is 19.0 Å². The van der Waals surface area contributed by atoms with Crippen LogP contribution in [0.25, 0.3) is 0 Å². The van der Waals surface area contributed by atoms with Crippen molar-refractivity contribution < 1.29 is 17.9 Å². The van der Waals surface area contributed by atoms with Crippen molar-refractivity contribution >= 4 is 11.6 Å². The Morgan fingerprint density at radius 2 is 1.91 bits per heavy atom. The number of rotatable bonds is 4. The highest BCUT2D eigenvalue weighted by Gasteiger charge is 2.31. The van der Waals surface area contributed by atoms with E-state index in [-0.39, 0.29) is 10.9 Å². The SMILES string of the molecule is N#CCCc1ccc(Oc2ncc(C(F)(F)F)cc2Cl)cc1. The highest BCUT2D eigenvalue weighted by molar-refractivity contribution is 6.31. The fourth-order valence-electron chi connectivity index (χ4n) is 1.69. The summed E-state index contributed by atoms with van der Waals surface area (Å²) in [7, 11) is 0. The second-order valence-electron chi connectivity index (χ2n) is 4.41. The Hall–Kier alpha value is -2.26. The van der Waals surface area contributed by atoms with E-state index in [9.17, 15) is 13.2 Å². The number of benzene rings is 1. The molecule has 0 radical (unpaired) electrons. The summed E-state index contributed by atoms with van der Waals surface area (Å²) in [5.74, 6) is 0.300. The van der Waals surface area contributed by atoms with Crippen molar-refractivity contribution in [3.05, 3.63) is 52.7 Å². The maximum absolute atomic E-state index is 12.5. The van der Waals surface area contributed by atoms with Gasteiger partial charge in [0.2, 0.25) is 5.88 Å². The van der Waals surface area contributed by atoms with Crippen molar-refractivity contribution in [2.24, 2.45) is 0 Å². The molecule has 0 aliphatic heterocycles. The molecule has 0 aliphatic carbocycles. The van der Waals surface area contributed by atoms with Crippen LogP contribution in [-0.4, -0.2) is 4.98 Å². The molecule has 0 saturated heterocycles. The summed E-state index contributed by atoms with van der Waals surface area (Å²) in [6.45, 7) is 0. The molecule has 0 aliphatic rings. The summed E-state index contributed by atoms with van der Waals surface area (Å²) in [5.41, 5.74) is 0.0251. The van der Waals surface area contributed by atoms with Crippen molar-refractivity contribution in [3.8, 4) is 17.7 Å². The van der Waals surface area contributed by atoms with Gasteiger partial charge >= 0.3 is 6.18 Å². The Morgan fingerprint density at radius 3 is 2.45 bits per heavy atom. The van der Waals surface area contributed by atoms with Crippen LogP contribution in [0.3, 0.4) is 0 Å². The predicted octanol–water partition coefficient (Wildman–Crippen LogP) is 5.00. The van der Waals surface area contributed by atoms with E-state index >= 15 is 0 Å². The molecule has 1 aromatic heterocycles. The Kier molecular flexibility index (Phi) is 4.88. The van der Waals surface area contributed by atoms with E-state index in [0.717, 1.165) is 11.6 Å². The third kappa shape index (κ3) is 4.12. The number of nitrogens with zero attached hydrogens (tertiary/aromatic N) is 2. The van der Waals surface area contributed by atoms with Gasteiger partial charge in [0.05, 0.1) is 11.6 Å². The van der Waals surface area contributed by atoms with E-state index in [1.165, 1.54) is 0 Å². The molecule has 3 nitrogen and oxygen atoms in total. The Bertz CT molecular complexity index is 693. The van der Waals surface area contributed by atoms with Gasteiger partial charge < -0.3 is 4.74 Å². The monoisotopic (exact) mass is 326 g/mol. The van der Waals surface area contributed by atoms with Crippen molar-refractivity contribution in [3.63, 3.8) is 0 Å². The average Bonchev–Trinajstić information content (AvgIpc) is 2.47. The summed E-state index contributed by atoms with van der Waals surface area (Å²) >= 11 is 5.76. The van der Waals surface area contributed by atoms with E-state index in [1.807, 2.05) is 6.07 Å². The Labute approximate surface area is 129 Å². The molecule has 0 bridgehead atoms. The number of hydrogen-bond acceptors (Lipinski definition) is 3. The number of pyridine rings is 1. The standard InChI is InChI=1S/C15H10ClF3N2O/c16-13-8-11(15(17,18)19)9-21-14(13)22-12-5-3-10(4-6-12)2-1-7-20/h3-6,8-9H,1-2H2. The highest BCUT2D eigenvalue weighted by Crippen LogP contribution is 2.34. The molecule has 0 spiro atoms. The van der Waals surface area contributed by atoms with Crippen LogP contribution in [0.1, 0.15) is 17.5 Å². The van der Waals surface area contributed by atoms with Crippen LogP contribution in [-0.2, 0) is 12.6 Å². The third-order valence-corrected chi connectivity index (χ3v) is 3.07. The molecule has 7 heteroatoms. The summed E-state index contributed by atoms with van der Waals surface area (Å²) < 4.78 is 42.9. The van der Waals surface area contributed by atoms with Gasteiger partial charge in [0, 0.05) is 12.6 Å². The predicted molar refractivity (Wildman–Crippen MR) is 74.7 cm³/mol. The van der Waals surface area contributed by atoms with E-state index in [2.05, 4.69) is 4.98 Å². The summed E-state index contributed by atoms with van der Waals surface area (Å²) in [4.78, 5) is 3.59. The van der Waals surface area contributed by atoms with Gasteiger partial charge in [-0.3, -0.25) is 0 Å². The van der Waals surface area contributed by atoms with Crippen LogP contribution in [0, 0.1) is 11.3 Å². The fourth-order valence-corrected chi connectivity index (χ4v) is 1.90. The second kappa shape index (κ2) is 6.67. The molecule has 0 fully saturated rings. The summed E-state index contributed by atoms with van der Waals surface area (Å²) in [6.07, 6.45) is -2.80. The third-order valence-electron chi connectivity index (χ3n) is 2.80. The van der Waals surface area contributed by atoms with Gasteiger partial charge in [0.15, 0.2) is 0 Å². The number of hydrogen-bond donors (Lipinski definition) is 0. The molecule has 0 amide bonds. The number of nitriles is 1. The van der Waals surface area contributed by atoms with Crippen LogP contribution in [0.2, 0.25) is 5.02 Å². The van der Waals surface area contributed by atoms with Gasteiger partial charge in [0.25, 0.3) is 0 Å². The lowest BCUT2D eigenvalue weighted by molar-refractivity contribution is -0.137. The van der Waals surface area contributed by atoms with Crippen molar-refractivity contribution in [1.29, 1.82) is 5.26 Å². The molecule has 0 atom stereocenters. The van der Waals surface area contributed by atoms with Gasteiger partial charge in [0.1, 0.15) is 10.8 Å². The minimum absolute atomic E-state index is 0.0977. The van der Waals surface area contributed by atoms with Crippen molar-refractivity contribution in [1.82, 2.24) is 4.98 Å². The molecule has 114 valence electrons. The van der Waals surface area contributed by atoms with Crippen LogP contribution < -0.4 is 4.74 Å². The van der Waals surface area contributed by atoms with E-state index in [4.69, 9.17) is 21.6 Å². The Morgan fingerprint density at radius 1 is 1.23 bits per heavy atom. The molecule has 0 saturated carbocycles. The number of alkyl halides is 3. The van der Waals surface area contributed by atoms with Gasteiger partial charge in [-0.05, 0) is 30.2 Å². The molecule has 2 rings (SSSR count). The molecular weight excluding hydrogens is 317 g/mol. The first kappa shape index (κ1) is 16.1. The van der Waals surface area contributed by atoms with Crippen molar-refractivity contribution in [2.75, 3.05) is 0 Å². The zero-order valence-electron chi connectivity index (χ0n) is 11.2. The fraction of sp³-hybridized carbons (Fsp3) is 0.200. The van der Waals surface area contributed by atoms with Crippen LogP contribution in [0.15, 0.2) is 36.5 Å². The summed E-state index contributed by atoms with van der Waals surface area (Å²) in [6, 6.07) is 9.63. The van der Waals surface area contributed by atoms with Crippen LogP contribution >= 0.6 is 11.6 Å². The maximum Gasteiger partial charge on any atom is 0.417 e. The first-order valence-corrected chi connectivity index (χ1v) is 6.64. The molecule has 2 aromatic rings. The average molecular weight is 327 g/mol. The molecule has 22 heavy (non-hydrogen) atoms. The van der Waals surface area contributed by atoms with Gasteiger partial charge in [-0.15, -0.1) is 0 Å². The first-order valence-electron chi connectivity index (χ1n) is 6.26. The Balaban J connectivity index is 2.12. The normalized spacial score (nSPS) is 11.0. The van der Waals surface area contributed by atoms with Crippen LogP contribution in [0.4, 0.5) is 13.2 Å². The first-order chi connectivity index (χ1) is 10.4. The molecule has 0 N–H and O–H groups in total. The zero-order chi connectivity index (χ0) is 16.2. The smallest absolute Gasteiger partial charge is 0.417 e. The lowest BCUT2D eigenvalue weighted by Crippen LogP contribution is -2.05. The largest absolute Gasteiger partial charge is 0.438 e. The summed E-state index contributed by atoms with van der Waals surface area (Å²) in [5, 5.41) is 8.29. The number of aryl methyl sites for hydroxylation is 1. The van der Waals surface area contributed by atoms with Gasteiger partial charge in [-0.25, -0.2) is 4.98 Å². The number of aromatic nitrogens is 1.